The van der Waals surface area contributed by atoms with Crippen molar-refractivity contribution in [2.75, 3.05) is 25.0 Å². The Balaban J connectivity index is 1.79. The van der Waals surface area contributed by atoms with Gasteiger partial charge in [0, 0.05) is 11.9 Å². The minimum Gasteiger partial charge on any atom is -0.383 e. The minimum absolute atomic E-state index is 0.724. The predicted molar refractivity (Wildman–Crippen MR) is 69.0 cm³/mol. The maximum atomic E-state index is 4.12. The first-order chi connectivity index (χ1) is 8.43. The van der Waals surface area contributed by atoms with Gasteiger partial charge in [-0.05, 0) is 31.5 Å². The lowest BCUT2D eigenvalue weighted by Crippen LogP contribution is -2.17. The summed E-state index contributed by atoms with van der Waals surface area (Å²) in [6, 6.07) is 8.10. The highest BCUT2D eigenvalue weighted by atomic mass is 15.1. The van der Waals surface area contributed by atoms with Crippen LogP contribution in [0.25, 0.3) is 10.9 Å². The van der Waals surface area contributed by atoms with Gasteiger partial charge in [-0.2, -0.15) is 10.2 Å². The van der Waals surface area contributed by atoms with Gasteiger partial charge in [0.25, 0.3) is 0 Å². The zero-order valence-corrected chi connectivity index (χ0v) is 9.69. The molecule has 2 aromatic rings. The molecule has 1 aromatic heterocycles. The van der Waals surface area contributed by atoms with Crippen LogP contribution in [0, 0.1) is 5.92 Å². The Hall–Kier alpha value is -1.68. The van der Waals surface area contributed by atoms with E-state index in [-0.39, 0.29) is 0 Å². The van der Waals surface area contributed by atoms with Gasteiger partial charge >= 0.3 is 0 Å². The van der Waals surface area contributed by atoms with Crippen LogP contribution in [-0.4, -0.2) is 29.8 Å². The van der Waals surface area contributed by atoms with Crippen LogP contribution in [0.3, 0.4) is 0 Å². The molecule has 0 radical (unpaired) electrons. The Morgan fingerprint density at radius 1 is 1.35 bits per heavy atom. The third kappa shape index (κ3) is 2.22. The van der Waals surface area contributed by atoms with Gasteiger partial charge in [0.05, 0.1) is 17.4 Å². The van der Waals surface area contributed by atoms with Crippen LogP contribution in [0.4, 0.5) is 5.69 Å². The van der Waals surface area contributed by atoms with Crippen LogP contribution < -0.4 is 10.6 Å². The quantitative estimate of drug-likeness (QED) is 0.838. The van der Waals surface area contributed by atoms with Gasteiger partial charge in [-0.15, -0.1) is 0 Å². The Labute approximate surface area is 100 Å². The zero-order valence-electron chi connectivity index (χ0n) is 9.69. The highest BCUT2D eigenvalue weighted by Gasteiger charge is 2.14. The van der Waals surface area contributed by atoms with E-state index < -0.39 is 0 Å². The Morgan fingerprint density at radius 3 is 3.18 bits per heavy atom. The largest absolute Gasteiger partial charge is 0.383 e. The average molecular weight is 228 g/mol. The van der Waals surface area contributed by atoms with Crippen molar-refractivity contribution in [3.8, 4) is 0 Å². The highest BCUT2D eigenvalue weighted by Crippen LogP contribution is 2.20. The lowest BCUT2D eigenvalue weighted by molar-refractivity contribution is 0.615. The maximum absolute atomic E-state index is 4.12. The highest BCUT2D eigenvalue weighted by molar-refractivity contribution is 5.90. The zero-order chi connectivity index (χ0) is 11.5. The molecule has 0 spiro atoms. The predicted octanol–water partition coefficient (Wildman–Crippen LogP) is 1.65. The number of nitrogens with zero attached hydrogens (tertiary/aromatic N) is 2. The van der Waals surface area contributed by atoms with E-state index in [0.29, 0.717) is 0 Å². The third-order valence-electron chi connectivity index (χ3n) is 3.29. The molecule has 1 fully saturated rings. The summed E-state index contributed by atoms with van der Waals surface area (Å²) in [6.07, 6.45) is 3.06. The first-order valence-corrected chi connectivity index (χ1v) is 6.08. The molecule has 2 heterocycles. The van der Waals surface area contributed by atoms with Gasteiger partial charge in [-0.3, -0.25) is 0 Å². The van der Waals surface area contributed by atoms with Crippen molar-refractivity contribution in [2.45, 2.75) is 6.42 Å². The van der Waals surface area contributed by atoms with Crippen LogP contribution in [0.15, 0.2) is 30.5 Å². The maximum Gasteiger partial charge on any atom is 0.0950 e. The Kier molecular flexibility index (Phi) is 2.88. The molecule has 88 valence electrons. The molecule has 1 saturated heterocycles. The topological polar surface area (TPSA) is 49.8 Å². The number of hydrogen-bond acceptors (Lipinski definition) is 4. The van der Waals surface area contributed by atoms with Gasteiger partial charge in [0.1, 0.15) is 0 Å². The SMILES string of the molecule is c1ccc2c(NCC3CCNC3)cnnc2c1. The summed E-state index contributed by atoms with van der Waals surface area (Å²) in [5, 5.41) is 16.2. The molecule has 2 N–H and O–H groups in total. The smallest absolute Gasteiger partial charge is 0.0950 e. The van der Waals surface area contributed by atoms with Crippen molar-refractivity contribution in [2.24, 2.45) is 5.92 Å². The molecule has 1 unspecified atom stereocenters. The van der Waals surface area contributed by atoms with E-state index in [1.54, 1.807) is 0 Å². The fraction of sp³-hybridized carbons (Fsp3) is 0.385. The molecule has 4 nitrogen and oxygen atoms in total. The molecule has 0 saturated carbocycles. The van der Waals surface area contributed by atoms with Gasteiger partial charge in [0.15, 0.2) is 0 Å². The molecular weight excluding hydrogens is 212 g/mol. The van der Waals surface area contributed by atoms with Crippen molar-refractivity contribution in [3.63, 3.8) is 0 Å². The lowest BCUT2D eigenvalue weighted by atomic mass is 10.1. The van der Waals surface area contributed by atoms with Crippen molar-refractivity contribution in [3.05, 3.63) is 30.5 Å². The van der Waals surface area contributed by atoms with Crippen molar-refractivity contribution in [1.29, 1.82) is 0 Å². The number of hydrogen-bond donors (Lipinski definition) is 2. The Morgan fingerprint density at radius 2 is 2.29 bits per heavy atom. The van der Waals surface area contributed by atoms with E-state index in [4.69, 9.17) is 0 Å². The molecule has 0 aliphatic carbocycles. The van der Waals surface area contributed by atoms with E-state index in [2.05, 4.69) is 26.9 Å². The second-order valence-corrected chi connectivity index (χ2v) is 4.52. The minimum atomic E-state index is 0.724. The summed E-state index contributed by atoms with van der Waals surface area (Å²) in [4.78, 5) is 0. The van der Waals surface area contributed by atoms with Gasteiger partial charge in [0.2, 0.25) is 0 Å². The second kappa shape index (κ2) is 4.67. The van der Waals surface area contributed by atoms with Crippen molar-refractivity contribution >= 4 is 16.6 Å². The molecule has 1 atom stereocenters. The average Bonchev–Trinajstić information content (AvgIpc) is 2.89. The number of aromatic nitrogens is 2. The second-order valence-electron chi connectivity index (χ2n) is 4.52. The molecule has 17 heavy (non-hydrogen) atoms. The standard InChI is InChI=1S/C13H16N4/c1-2-4-12-11(3-1)13(9-16-17-12)15-8-10-5-6-14-7-10/h1-4,9-10,14H,5-8H2,(H,15,17). The number of anilines is 1. The summed E-state index contributed by atoms with van der Waals surface area (Å²) in [6.45, 7) is 3.26. The van der Waals surface area contributed by atoms with E-state index in [9.17, 15) is 0 Å². The first-order valence-electron chi connectivity index (χ1n) is 6.08. The van der Waals surface area contributed by atoms with E-state index in [1.165, 1.54) is 6.42 Å². The van der Waals surface area contributed by atoms with Crippen molar-refractivity contribution in [1.82, 2.24) is 15.5 Å². The summed E-state index contributed by atoms with van der Waals surface area (Å²) < 4.78 is 0. The Bertz CT molecular complexity index is 500. The molecule has 4 heteroatoms. The number of rotatable bonds is 3. The summed E-state index contributed by atoms with van der Waals surface area (Å²) in [5.74, 6) is 0.724. The molecule has 1 aromatic carbocycles. The van der Waals surface area contributed by atoms with Gasteiger partial charge in [-0.25, -0.2) is 0 Å². The molecule has 1 aliphatic heterocycles. The lowest BCUT2D eigenvalue weighted by Gasteiger charge is -2.12. The van der Waals surface area contributed by atoms with E-state index >= 15 is 0 Å². The van der Waals surface area contributed by atoms with Gasteiger partial charge in [-0.1, -0.05) is 18.2 Å². The molecule has 1 aliphatic rings. The molecule has 3 rings (SSSR count). The van der Waals surface area contributed by atoms with Crippen LogP contribution in [0.5, 0.6) is 0 Å². The first kappa shape index (κ1) is 10.5. The summed E-state index contributed by atoms with van der Waals surface area (Å²) >= 11 is 0. The number of benzene rings is 1. The van der Waals surface area contributed by atoms with Crippen molar-refractivity contribution < 1.29 is 0 Å². The van der Waals surface area contributed by atoms with Crippen LogP contribution in [0.1, 0.15) is 6.42 Å². The van der Waals surface area contributed by atoms with E-state index in [0.717, 1.165) is 42.1 Å². The normalized spacial score (nSPS) is 19.6. The summed E-state index contributed by atoms with van der Waals surface area (Å²) in [5.41, 5.74) is 2.03. The molecule has 0 amide bonds. The third-order valence-corrected chi connectivity index (χ3v) is 3.29. The molecular formula is C13H16N4. The summed E-state index contributed by atoms with van der Waals surface area (Å²) in [7, 11) is 0. The van der Waals surface area contributed by atoms with Crippen LogP contribution in [-0.2, 0) is 0 Å². The molecule has 0 bridgehead atoms. The van der Waals surface area contributed by atoms with E-state index in [1.807, 2.05) is 24.4 Å². The van der Waals surface area contributed by atoms with Crippen LogP contribution >= 0.6 is 0 Å². The fourth-order valence-corrected chi connectivity index (χ4v) is 2.29. The number of fused-ring (bicyclic) bond motifs is 1. The van der Waals surface area contributed by atoms with Gasteiger partial charge < -0.3 is 10.6 Å². The fourth-order valence-electron chi connectivity index (χ4n) is 2.29. The van der Waals surface area contributed by atoms with Crippen LogP contribution in [0.2, 0.25) is 0 Å². The monoisotopic (exact) mass is 228 g/mol. The number of nitrogens with one attached hydrogen (secondary N) is 2.